The van der Waals surface area contributed by atoms with Gasteiger partial charge in [-0.15, -0.1) is 0 Å². The summed E-state index contributed by atoms with van der Waals surface area (Å²) in [6.07, 6.45) is 7.49. The standard InChI is InChI=1S/C16H33N3O/c1-17-8-6-7-16(15-17)19-12-10-18(11-13-19)9-4-2-3-5-14-20/h16,20H,2-15H2,1H3. The summed E-state index contributed by atoms with van der Waals surface area (Å²) in [4.78, 5) is 7.83. The lowest BCUT2D eigenvalue weighted by atomic mass is 10.0. The van der Waals surface area contributed by atoms with Crippen LogP contribution in [0.3, 0.4) is 0 Å². The van der Waals surface area contributed by atoms with Crippen LogP contribution in [0.4, 0.5) is 0 Å². The molecule has 2 rings (SSSR count). The number of unbranched alkanes of at least 4 members (excludes halogenated alkanes) is 3. The fraction of sp³-hybridized carbons (Fsp3) is 1.00. The molecular formula is C16H33N3O. The highest BCUT2D eigenvalue weighted by atomic mass is 16.2. The molecule has 2 aliphatic heterocycles. The molecule has 4 nitrogen and oxygen atoms in total. The topological polar surface area (TPSA) is 30.0 Å². The molecule has 2 fully saturated rings. The molecule has 118 valence electrons. The lowest BCUT2D eigenvalue weighted by Gasteiger charge is -2.42. The number of aliphatic hydroxyl groups excluding tert-OH is 1. The SMILES string of the molecule is CN1CCCC(N2CCN(CCCCCCO)CC2)C1. The Bertz CT molecular complexity index is 254. The fourth-order valence-electron chi connectivity index (χ4n) is 3.59. The van der Waals surface area contributed by atoms with E-state index in [-0.39, 0.29) is 0 Å². The first kappa shape index (κ1) is 16.2. The maximum Gasteiger partial charge on any atom is 0.0431 e. The second kappa shape index (κ2) is 8.98. The van der Waals surface area contributed by atoms with Gasteiger partial charge in [0.15, 0.2) is 0 Å². The van der Waals surface area contributed by atoms with Crippen molar-refractivity contribution in [3.63, 3.8) is 0 Å². The van der Waals surface area contributed by atoms with Crippen LogP contribution in [0.25, 0.3) is 0 Å². The van der Waals surface area contributed by atoms with Crippen LogP contribution in [0.5, 0.6) is 0 Å². The van der Waals surface area contributed by atoms with E-state index in [0.717, 1.165) is 12.5 Å². The van der Waals surface area contributed by atoms with Crippen molar-refractivity contribution in [2.45, 2.75) is 44.6 Å². The number of hydrogen-bond donors (Lipinski definition) is 1. The molecule has 0 bridgehead atoms. The minimum Gasteiger partial charge on any atom is -0.396 e. The predicted molar refractivity (Wildman–Crippen MR) is 84.1 cm³/mol. The first-order valence-corrected chi connectivity index (χ1v) is 8.55. The van der Waals surface area contributed by atoms with E-state index in [1.54, 1.807) is 0 Å². The van der Waals surface area contributed by atoms with E-state index in [2.05, 4.69) is 21.7 Å². The molecule has 0 saturated carbocycles. The molecule has 2 heterocycles. The number of aliphatic hydroxyl groups is 1. The zero-order valence-electron chi connectivity index (χ0n) is 13.3. The fourth-order valence-corrected chi connectivity index (χ4v) is 3.59. The molecule has 0 aromatic carbocycles. The molecular weight excluding hydrogens is 250 g/mol. The van der Waals surface area contributed by atoms with Crippen LogP contribution in [0.15, 0.2) is 0 Å². The molecule has 0 aliphatic carbocycles. The summed E-state index contributed by atoms with van der Waals surface area (Å²) >= 11 is 0. The number of nitrogens with zero attached hydrogens (tertiary/aromatic N) is 3. The predicted octanol–water partition coefficient (Wildman–Crippen LogP) is 1.25. The van der Waals surface area contributed by atoms with Gasteiger partial charge in [-0.25, -0.2) is 0 Å². The van der Waals surface area contributed by atoms with E-state index in [9.17, 15) is 0 Å². The third-order valence-electron chi connectivity index (χ3n) is 4.91. The Morgan fingerprint density at radius 3 is 2.40 bits per heavy atom. The highest BCUT2D eigenvalue weighted by molar-refractivity contribution is 4.83. The Balaban J connectivity index is 1.57. The second-order valence-electron chi connectivity index (χ2n) is 6.57. The number of likely N-dealkylation sites (tertiary alicyclic amines) is 1. The van der Waals surface area contributed by atoms with Gasteiger partial charge in [-0.1, -0.05) is 12.8 Å². The third-order valence-corrected chi connectivity index (χ3v) is 4.91. The number of piperazine rings is 1. The Labute approximate surface area is 124 Å². The molecule has 2 aliphatic rings. The first-order valence-electron chi connectivity index (χ1n) is 8.55. The van der Waals surface area contributed by atoms with E-state index in [1.807, 2.05) is 0 Å². The number of hydrogen-bond acceptors (Lipinski definition) is 4. The van der Waals surface area contributed by atoms with E-state index in [1.165, 1.54) is 77.9 Å². The van der Waals surface area contributed by atoms with E-state index < -0.39 is 0 Å². The van der Waals surface area contributed by atoms with E-state index >= 15 is 0 Å². The zero-order valence-corrected chi connectivity index (χ0v) is 13.3. The van der Waals surface area contributed by atoms with Crippen LogP contribution in [0.1, 0.15) is 38.5 Å². The highest BCUT2D eigenvalue weighted by Gasteiger charge is 2.26. The third kappa shape index (κ3) is 5.32. The Morgan fingerprint density at radius 1 is 0.950 bits per heavy atom. The van der Waals surface area contributed by atoms with Gasteiger partial charge in [0, 0.05) is 45.4 Å². The van der Waals surface area contributed by atoms with Crippen LogP contribution in [-0.2, 0) is 0 Å². The summed E-state index contributed by atoms with van der Waals surface area (Å²) < 4.78 is 0. The molecule has 20 heavy (non-hydrogen) atoms. The monoisotopic (exact) mass is 283 g/mol. The van der Waals surface area contributed by atoms with Gasteiger partial charge in [0.05, 0.1) is 0 Å². The van der Waals surface area contributed by atoms with Gasteiger partial charge in [-0.3, -0.25) is 4.90 Å². The summed E-state index contributed by atoms with van der Waals surface area (Å²) in [5.41, 5.74) is 0. The summed E-state index contributed by atoms with van der Waals surface area (Å²) in [6.45, 7) is 9.18. The van der Waals surface area contributed by atoms with Gasteiger partial charge in [0.2, 0.25) is 0 Å². The molecule has 0 aromatic heterocycles. The minimum atomic E-state index is 0.356. The summed E-state index contributed by atoms with van der Waals surface area (Å²) in [6, 6.07) is 0.806. The van der Waals surface area contributed by atoms with Crippen LogP contribution in [0.2, 0.25) is 0 Å². The van der Waals surface area contributed by atoms with Crippen LogP contribution >= 0.6 is 0 Å². The zero-order chi connectivity index (χ0) is 14.2. The maximum absolute atomic E-state index is 8.77. The van der Waals surface area contributed by atoms with E-state index in [4.69, 9.17) is 5.11 Å². The van der Waals surface area contributed by atoms with Crippen molar-refractivity contribution in [1.29, 1.82) is 0 Å². The van der Waals surface area contributed by atoms with Crippen molar-refractivity contribution in [2.75, 3.05) is 59.5 Å². The quantitative estimate of drug-likeness (QED) is 0.712. The summed E-state index contributed by atoms with van der Waals surface area (Å²) in [7, 11) is 2.26. The van der Waals surface area contributed by atoms with Crippen LogP contribution in [-0.4, -0.2) is 85.3 Å². The van der Waals surface area contributed by atoms with Crippen molar-refractivity contribution in [3.8, 4) is 0 Å². The lowest BCUT2D eigenvalue weighted by Crippen LogP contribution is -2.54. The smallest absolute Gasteiger partial charge is 0.0431 e. The van der Waals surface area contributed by atoms with Gasteiger partial charge >= 0.3 is 0 Å². The summed E-state index contributed by atoms with van der Waals surface area (Å²) in [5.74, 6) is 0. The molecule has 1 unspecified atom stereocenters. The van der Waals surface area contributed by atoms with Gasteiger partial charge in [0.1, 0.15) is 0 Å². The maximum atomic E-state index is 8.77. The summed E-state index contributed by atoms with van der Waals surface area (Å²) in [5, 5.41) is 8.77. The van der Waals surface area contributed by atoms with Gasteiger partial charge in [-0.2, -0.15) is 0 Å². The Morgan fingerprint density at radius 2 is 1.70 bits per heavy atom. The molecule has 0 radical (unpaired) electrons. The van der Waals surface area contributed by atoms with Crippen molar-refractivity contribution in [3.05, 3.63) is 0 Å². The molecule has 1 N–H and O–H groups in total. The van der Waals surface area contributed by atoms with Crippen molar-refractivity contribution < 1.29 is 5.11 Å². The number of likely N-dealkylation sites (N-methyl/N-ethyl adjacent to an activating group) is 1. The van der Waals surface area contributed by atoms with Crippen LogP contribution < -0.4 is 0 Å². The Hall–Kier alpha value is -0.160. The number of rotatable bonds is 7. The van der Waals surface area contributed by atoms with Gasteiger partial charge in [-0.05, 0) is 45.8 Å². The van der Waals surface area contributed by atoms with Crippen molar-refractivity contribution in [1.82, 2.24) is 14.7 Å². The average molecular weight is 283 g/mol. The second-order valence-corrected chi connectivity index (χ2v) is 6.57. The van der Waals surface area contributed by atoms with Crippen molar-refractivity contribution in [2.24, 2.45) is 0 Å². The lowest BCUT2D eigenvalue weighted by molar-refractivity contribution is 0.0589. The molecule has 0 amide bonds. The molecule has 2 saturated heterocycles. The molecule has 4 heteroatoms. The van der Waals surface area contributed by atoms with Crippen molar-refractivity contribution >= 4 is 0 Å². The van der Waals surface area contributed by atoms with Gasteiger partial charge < -0.3 is 14.9 Å². The largest absolute Gasteiger partial charge is 0.396 e. The van der Waals surface area contributed by atoms with Gasteiger partial charge in [0.25, 0.3) is 0 Å². The van der Waals surface area contributed by atoms with E-state index in [0.29, 0.717) is 6.61 Å². The Kier molecular flexibility index (Phi) is 7.28. The molecule has 0 aromatic rings. The molecule has 0 spiro atoms. The highest BCUT2D eigenvalue weighted by Crippen LogP contribution is 2.17. The molecule has 1 atom stereocenters. The minimum absolute atomic E-state index is 0.356. The first-order chi connectivity index (χ1) is 9.79. The normalized spacial score (nSPS) is 27.0. The van der Waals surface area contributed by atoms with Crippen LogP contribution in [0, 0.1) is 0 Å². The number of piperidine rings is 1. The average Bonchev–Trinajstić information content (AvgIpc) is 2.48.